The van der Waals surface area contributed by atoms with E-state index in [1.54, 1.807) is 4.90 Å². The van der Waals surface area contributed by atoms with Gasteiger partial charge in [0.1, 0.15) is 6.10 Å². The molecule has 0 saturated heterocycles. The molecule has 0 unspecified atom stereocenters. The van der Waals surface area contributed by atoms with Crippen LogP contribution in [0.4, 0.5) is 0 Å². The smallest absolute Gasteiger partial charge is 0.158 e. The zero-order valence-electron chi connectivity index (χ0n) is 11.1. The summed E-state index contributed by atoms with van der Waals surface area (Å²) >= 11 is 1.53. The van der Waals surface area contributed by atoms with Crippen molar-refractivity contribution < 1.29 is 9.90 Å². The molecule has 0 radical (unpaired) electrons. The molecule has 1 aromatic rings. The van der Waals surface area contributed by atoms with E-state index in [1.807, 2.05) is 51.7 Å². The van der Waals surface area contributed by atoms with Gasteiger partial charge in [-0.2, -0.15) is 11.3 Å². The Kier molecular flexibility index (Phi) is 4.47. The van der Waals surface area contributed by atoms with Crippen LogP contribution in [0.5, 0.6) is 0 Å². The molecule has 17 heavy (non-hydrogen) atoms. The summed E-state index contributed by atoms with van der Waals surface area (Å²) in [6, 6.07) is 1.37. The van der Waals surface area contributed by atoms with Gasteiger partial charge in [-0.25, -0.2) is 0 Å². The maximum atomic E-state index is 12.3. The lowest BCUT2D eigenvalue weighted by Crippen LogP contribution is -2.46. The molecule has 96 valence electrons. The molecule has 0 aliphatic heterocycles. The highest BCUT2D eigenvalue weighted by atomic mass is 32.1. The molecule has 4 heteroatoms. The number of ketones is 1. The van der Waals surface area contributed by atoms with Gasteiger partial charge in [0.25, 0.3) is 0 Å². The van der Waals surface area contributed by atoms with Gasteiger partial charge in [-0.1, -0.05) is 20.8 Å². The number of likely N-dealkylation sites (N-methyl/N-ethyl adjacent to an activating group) is 1. The number of carbonyl (C=O) groups excluding carboxylic acids is 1. The van der Waals surface area contributed by atoms with Crippen molar-refractivity contribution in [3.8, 4) is 0 Å². The summed E-state index contributed by atoms with van der Waals surface area (Å²) in [6.45, 7) is 5.64. The van der Waals surface area contributed by atoms with Crippen molar-refractivity contribution in [2.75, 3.05) is 14.1 Å². The first-order chi connectivity index (χ1) is 7.75. The number of nitrogens with zero attached hydrogens (tertiary/aromatic N) is 1. The molecule has 1 rings (SSSR count). The summed E-state index contributed by atoms with van der Waals surface area (Å²) in [4.78, 5) is 14.1. The third kappa shape index (κ3) is 3.37. The van der Waals surface area contributed by atoms with Gasteiger partial charge in [-0.15, -0.1) is 0 Å². The maximum absolute atomic E-state index is 12.3. The van der Waals surface area contributed by atoms with E-state index in [2.05, 4.69) is 0 Å². The molecule has 1 N–H and O–H groups in total. The third-order valence-corrected chi connectivity index (χ3v) is 3.45. The van der Waals surface area contributed by atoms with E-state index in [4.69, 9.17) is 0 Å². The van der Waals surface area contributed by atoms with Gasteiger partial charge in [-0.3, -0.25) is 9.69 Å². The highest BCUT2D eigenvalue weighted by molar-refractivity contribution is 7.07. The van der Waals surface area contributed by atoms with Crippen LogP contribution in [0.2, 0.25) is 0 Å². The van der Waals surface area contributed by atoms with Gasteiger partial charge < -0.3 is 5.11 Å². The predicted molar refractivity (Wildman–Crippen MR) is 71.2 cm³/mol. The molecule has 0 bridgehead atoms. The van der Waals surface area contributed by atoms with Crippen LogP contribution < -0.4 is 0 Å². The maximum Gasteiger partial charge on any atom is 0.158 e. The zero-order chi connectivity index (χ0) is 13.2. The standard InChI is InChI=1S/C13H21NO2S/c1-13(2,3)12(16)10(14(4)5)11(15)9-6-7-17-8-9/h6-8,10-11,15H,1-5H3/t10-,11-/m0/s1. The summed E-state index contributed by atoms with van der Waals surface area (Å²) in [6.07, 6.45) is -0.761. The summed E-state index contributed by atoms with van der Waals surface area (Å²) in [5.41, 5.74) is 0.359. The molecule has 0 fully saturated rings. The zero-order valence-corrected chi connectivity index (χ0v) is 11.9. The summed E-state index contributed by atoms with van der Waals surface area (Å²) in [5.74, 6) is 0.0567. The molecule has 0 saturated carbocycles. The number of aliphatic hydroxyl groups excluding tert-OH is 1. The number of hydrogen-bond acceptors (Lipinski definition) is 4. The van der Waals surface area contributed by atoms with Crippen molar-refractivity contribution in [2.24, 2.45) is 5.41 Å². The van der Waals surface area contributed by atoms with Crippen molar-refractivity contribution >= 4 is 17.1 Å². The molecule has 2 atom stereocenters. The Morgan fingerprint density at radius 3 is 2.35 bits per heavy atom. The van der Waals surface area contributed by atoms with Crippen LogP contribution in [-0.2, 0) is 4.79 Å². The monoisotopic (exact) mass is 255 g/mol. The second kappa shape index (κ2) is 5.29. The highest BCUT2D eigenvalue weighted by Crippen LogP contribution is 2.28. The van der Waals surface area contributed by atoms with Crippen LogP contribution in [-0.4, -0.2) is 35.9 Å². The second-order valence-electron chi connectivity index (χ2n) is 5.52. The summed E-state index contributed by atoms with van der Waals surface area (Å²) in [5, 5.41) is 14.1. The molecule has 1 aromatic heterocycles. The first-order valence-corrected chi connectivity index (χ1v) is 6.60. The third-order valence-electron chi connectivity index (χ3n) is 2.75. The fourth-order valence-corrected chi connectivity index (χ4v) is 2.42. The van der Waals surface area contributed by atoms with Crippen molar-refractivity contribution in [2.45, 2.75) is 32.9 Å². The van der Waals surface area contributed by atoms with Crippen LogP contribution in [0.1, 0.15) is 32.4 Å². The highest BCUT2D eigenvalue weighted by Gasteiger charge is 2.36. The van der Waals surface area contributed by atoms with Crippen LogP contribution in [0.25, 0.3) is 0 Å². The van der Waals surface area contributed by atoms with Crippen LogP contribution in [0.3, 0.4) is 0 Å². The second-order valence-corrected chi connectivity index (χ2v) is 6.30. The van der Waals surface area contributed by atoms with Crippen LogP contribution in [0, 0.1) is 5.41 Å². The van der Waals surface area contributed by atoms with Gasteiger partial charge >= 0.3 is 0 Å². The molecule has 0 aliphatic rings. The first kappa shape index (κ1) is 14.4. The van der Waals surface area contributed by atoms with E-state index in [0.29, 0.717) is 0 Å². The van der Waals surface area contributed by atoms with Crippen molar-refractivity contribution in [1.82, 2.24) is 4.90 Å². The molecule has 0 amide bonds. The van der Waals surface area contributed by atoms with E-state index in [-0.39, 0.29) is 5.78 Å². The quantitative estimate of drug-likeness (QED) is 0.897. The minimum Gasteiger partial charge on any atom is -0.386 e. The Morgan fingerprint density at radius 2 is 2.00 bits per heavy atom. The lowest BCUT2D eigenvalue weighted by Gasteiger charge is -2.32. The first-order valence-electron chi connectivity index (χ1n) is 5.66. The lowest BCUT2D eigenvalue weighted by atomic mass is 9.83. The Bertz CT molecular complexity index is 365. The topological polar surface area (TPSA) is 40.5 Å². The predicted octanol–water partition coefficient (Wildman–Crippen LogP) is 2.33. The number of hydrogen-bond donors (Lipinski definition) is 1. The normalized spacial score (nSPS) is 15.9. The van der Waals surface area contributed by atoms with Gasteiger partial charge in [0.2, 0.25) is 0 Å². The summed E-state index contributed by atoms with van der Waals surface area (Å²) < 4.78 is 0. The number of carbonyl (C=O) groups is 1. The van der Waals surface area contributed by atoms with Crippen LogP contribution >= 0.6 is 11.3 Å². The van der Waals surface area contributed by atoms with E-state index in [0.717, 1.165) is 5.56 Å². The number of thiophene rings is 1. The Labute approximate surface area is 107 Å². The average molecular weight is 255 g/mol. The van der Waals surface area contributed by atoms with E-state index in [9.17, 15) is 9.90 Å². The molecule has 0 spiro atoms. The minimum atomic E-state index is -0.761. The van der Waals surface area contributed by atoms with Gasteiger partial charge in [0, 0.05) is 5.41 Å². The number of Topliss-reactive ketones (excluding diaryl/α,β-unsaturated/α-hetero) is 1. The molecule has 3 nitrogen and oxygen atoms in total. The lowest BCUT2D eigenvalue weighted by molar-refractivity contribution is -0.135. The minimum absolute atomic E-state index is 0.0567. The van der Waals surface area contributed by atoms with E-state index < -0.39 is 17.6 Å². The largest absolute Gasteiger partial charge is 0.386 e. The Morgan fingerprint density at radius 1 is 1.41 bits per heavy atom. The van der Waals surface area contributed by atoms with Crippen LogP contribution in [0.15, 0.2) is 16.8 Å². The van der Waals surface area contributed by atoms with Crippen molar-refractivity contribution in [3.63, 3.8) is 0 Å². The molecule has 1 heterocycles. The number of aliphatic hydroxyl groups is 1. The van der Waals surface area contributed by atoms with E-state index >= 15 is 0 Å². The Balaban J connectivity index is 2.98. The summed E-state index contributed by atoms with van der Waals surface area (Å²) in [7, 11) is 3.65. The molecular weight excluding hydrogens is 234 g/mol. The van der Waals surface area contributed by atoms with Crippen molar-refractivity contribution in [3.05, 3.63) is 22.4 Å². The van der Waals surface area contributed by atoms with Crippen molar-refractivity contribution in [1.29, 1.82) is 0 Å². The van der Waals surface area contributed by atoms with E-state index in [1.165, 1.54) is 11.3 Å². The number of rotatable bonds is 4. The van der Waals surface area contributed by atoms with Gasteiger partial charge in [-0.05, 0) is 36.5 Å². The SMILES string of the molecule is CN(C)[C@H](C(=O)C(C)(C)C)[C@@H](O)c1ccsc1. The van der Waals surface area contributed by atoms with Gasteiger partial charge in [0.15, 0.2) is 5.78 Å². The van der Waals surface area contributed by atoms with Gasteiger partial charge in [0.05, 0.1) is 6.04 Å². The molecular formula is C13H21NO2S. The Hall–Kier alpha value is -0.710. The average Bonchev–Trinajstić information content (AvgIpc) is 2.68. The molecule has 0 aromatic carbocycles. The fraction of sp³-hybridized carbons (Fsp3) is 0.615. The molecule has 0 aliphatic carbocycles. The fourth-order valence-electron chi connectivity index (χ4n) is 1.73.